The van der Waals surface area contributed by atoms with Crippen LogP contribution in [-0.4, -0.2) is 47.4 Å². The lowest BCUT2D eigenvalue weighted by molar-refractivity contribution is -0.145. The molecule has 134 valence electrons. The average Bonchev–Trinajstić information content (AvgIpc) is 2.60. The van der Waals surface area contributed by atoms with Crippen LogP contribution in [-0.2, 0) is 20.8 Å². The predicted molar refractivity (Wildman–Crippen MR) is 88.6 cm³/mol. The van der Waals surface area contributed by atoms with Gasteiger partial charge in [-0.15, -0.1) is 0 Å². The number of halogens is 1. The van der Waals surface area contributed by atoms with Gasteiger partial charge in [-0.25, -0.2) is 4.39 Å². The van der Waals surface area contributed by atoms with E-state index < -0.39 is 11.9 Å². The minimum Gasteiger partial charge on any atom is -0.481 e. The molecule has 7 heteroatoms. The standard InChI is InChI=1S/C18H21FN2O4/c19-14-4-5-15-12(10-14)3-6-17(23)21(15)9-7-16(22)20-8-1-2-13(11-20)18(24)25/h4-5,10,13H,1-3,6-9,11H2,(H,24,25)/t13-/m1/s1. The summed E-state index contributed by atoms with van der Waals surface area (Å²) in [4.78, 5) is 38.8. The molecule has 2 heterocycles. The summed E-state index contributed by atoms with van der Waals surface area (Å²) < 4.78 is 13.4. The van der Waals surface area contributed by atoms with E-state index in [1.54, 1.807) is 11.0 Å². The fourth-order valence-electron chi connectivity index (χ4n) is 3.54. The molecule has 1 N–H and O–H groups in total. The fourth-order valence-corrected chi connectivity index (χ4v) is 3.54. The Hall–Kier alpha value is -2.44. The van der Waals surface area contributed by atoms with E-state index in [1.807, 2.05) is 0 Å². The molecule has 0 bridgehead atoms. The highest BCUT2D eigenvalue weighted by Gasteiger charge is 2.29. The zero-order valence-electron chi connectivity index (χ0n) is 13.9. The van der Waals surface area contributed by atoms with Gasteiger partial charge < -0.3 is 14.9 Å². The van der Waals surface area contributed by atoms with E-state index in [0.29, 0.717) is 37.9 Å². The van der Waals surface area contributed by atoms with Crippen molar-refractivity contribution in [2.45, 2.75) is 32.1 Å². The molecule has 2 aliphatic heterocycles. The molecule has 0 aromatic heterocycles. The first-order valence-electron chi connectivity index (χ1n) is 8.55. The number of carbonyl (C=O) groups excluding carboxylic acids is 2. The zero-order chi connectivity index (χ0) is 18.0. The number of anilines is 1. The lowest BCUT2D eigenvalue weighted by Gasteiger charge is -2.33. The third-order valence-corrected chi connectivity index (χ3v) is 4.91. The number of amides is 2. The van der Waals surface area contributed by atoms with Crippen LogP contribution in [0, 0.1) is 11.7 Å². The second kappa shape index (κ2) is 7.21. The SMILES string of the molecule is O=C(O)[C@@H]1CCCN(C(=O)CCN2C(=O)CCc3cc(F)ccc32)C1. The second-order valence-corrected chi connectivity index (χ2v) is 6.59. The average molecular weight is 348 g/mol. The van der Waals surface area contributed by atoms with Crippen LogP contribution in [0.2, 0.25) is 0 Å². The summed E-state index contributed by atoms with van der Waals surface area (Å²) in [5, 5.41) is 9.12. The van der Waals surface area contributed by atoms with Crippen molar-refractivity contribution >= 4 is 23.5 Å². The van der Waals surface area contributed by atoms with Crippen molar-refractivity contribution < 1.29 is 23.9 Å². The molecule has 1 aromatic carbocycles. The van der Waals surface area contributed by atoms with E-state index >= 15 is 0 Å². The number of carbonyl (C=O) groups is 3. The monoisotopic (exact) mass is 348 g/mol. The summed E-state index contributed by atoms with van der Waals surface area (Å²) in [7, 11) is 0. The van der Waals surface area contributed by atoms with Gasteiger partial charge in [0.2, 0.25) is 11.8 Å². The number of hydrogen-bond donors (Lipinski definition) is 1. The first-order valence-corrected chi connectivity index (χ1v) is 8.55. The van der Waals surface area contributed by atoms with Crippen molar-refractivity contribution in [3.63, 3.8) is 0 Å². The zero-order valence-corrected chi connectivity index (χ0v) is 13.9. The van der Waals surface area contributed by atoms with Crippen molar-refractivity contribution in [1.29, 1.82) is 0 Å². The molecule has 1 atom stereocenters. The lowest BCUT2D eigenvalue weighted by atomic mass is 9.98. The van der Waals surface area contributed by atoms with Gasteiger partial charge in [-0.3, -0.25) is 14.4 Å². The number of likely N-dealkylation sites (tertiary alicyclic amines) is 1. The van der Waals surface area contributed by atoms with Crippen LogP contribution in [0.15, 0.2) is 18.2 Å². The molecule has 0 spiro atoms. The number of aliphatic carboxylic acids is 1. The highest BCUT2D eigenvalue weighted by molar-refractivity contribution is 5.97. The number of fused-ring (bicyclic) bond motifs is 1. The van der Waals surface area contributed by atoms with E-state index in [-0.39, 0.29) is 37.1 Å². The van der Waals surface area contributed by atoms with E-state index in [0.717, 1.165) is 5.56 Å². The van der Waals surface area contributed by atoms with Gasteiger partial charge in [0.05, 0.1) is 5.92 Å². The van der Waals surface area contributed by atoms with Gasteiger partial charge in [0.1, 0.15) is 5.82 Å². The van der Waals surface area contributed by atoms with Crippen LogP contribution in [0.4, 0.5) is 10.1 Å². The van der Waals surface area contributed by atoms with E-state index in [4.69, 9.17) is 5.11 Å². The Kier molecular flexibility index (Phi) is 5.01. The number of hydrogen-bond acceptors (Lipinski definition) is 3. The largest absolute Gasteiger partial charge is 0.481 e. The number of rotatable bonds is 4. The molecule has 1 saturated heterocycles. The lowest BCUT2D eigenvalue weighted by Crippen LogP contribution is -2.44. The van der Waals surface area contributed by atoms with Gasteiger partial charge in [0.15, 0.2) is 0 Å². The van der Waals surface area contributed by atoms with E-state index in [9.17, 15) is 18.8 Å². The first-order chi connectivity index (χ1) is 12.0. The Morgan fingerprint density at radius 3 is 2.84 bits per heavy atom. The molecule has 1 aromatic rings. The third-order valence-electron chi connectivity index (χ3n) is 4.91. The number of carboxylic acid groups (broad SMARTS) is 1. The molecule has 25 heavy (non-hydrogen) atoms. The molecule has 2 aliphatic rings. The van der Waals surface area contributed by atoms with E-state index in [2.05, 4.69) is 0 Å². The van der Waals surface area contributed by atoms with Crippen LogP contribution >= 0.6 is 0 Å². The minimum atomic E-state index is -0.875. The van der Waals surface area contributed by atoms with E-state index in [1.165, 1.54) is 17.0 Å². The molecular weight excluding hydrogens is 327 g/mol. The Balaban J connectivity index is 1.64. The normalized spacial score (nSPS) is 20.4. The van der Waals surface area contributed by atoms with Crippen molar-refractivity contribution in [2.75, 3.05) is 24.5 Å². The van der Waals surface area contributed by atoms with Gasteiger partial charge in [-0.05, 0) is 43.0 Å². The van der Waals surface area contributed by atoms with Gasteiger partial charge in [0, 0.05) is 38.2 Å². The number of aryl methyl sites for hydroxylation is 1. The summed E-state index contributed by atoms with van der Waals surface area (Å²) in [5.41, 5.74) is 1.43. The van der Waals surface area contributed by atoms with Gasteiger partial charge >= 0.3 is 5.97 Å². The van der Waals surface area contributed by atoms with Gasteiger partial charge in [0.25, 0.3) is 0 Å². The van der Waals surface area contributed by atoms with Crippen molar-refractivity contribution in [2.24, 2.45) is 5.92 Å². The molecule has 0 unspecified atom stereocenters. The topological polar surface area (TPSA) is 77.9 Å². The number of piperidine rings is 1. The maximum absolute atomic E-state index is 13.4. The first kappa shape index (κ1) is 17.4. The van der Waals surface area contributed by atoms with Crippen molar-refractivity contribution in [1.82, 2.24) is 4.90 Å². The molecule has 0 radical (unpaired) electrons. The predicted octanol–water partition coefficient (Wildman–Crippen LogP) is 1.82. The number of benzene rings is 1. The molecular formula is C18H21FN2O4. The summed E-state index contributed by atoms with van der Waals surface area (Å²) in [6.45, 7) is 1.01. The smallest absolute Gasteiger partial charge is 0.308 e. The maximum Gasteiger partial charge on any atom is 0.308 e. The summed E-state index contributed by atoms with van der Waals surface area (Å²) in [5.74, 6) is -1.95. The fraction of sp³-hybridized carbons (Fsp3) is 0.500. The highest BCUT2D eigenvalue weighted by atomic mass is 19.1. The van der Waals surface area contributed by atoms with Crippen LogP contribution in [0.25, 0.3) is 0 Å². The molecule has 0 saturated carbocycles. The maximum atomic E-state index is 13.4. The molecule has 1 fully saturated rings. The van der Waals surface area contributed by atoms with Crippen LogP contribution < -0.4 is 4.90 Å². The Morgan fingerprint density at radius 1 is 1.28 bits per heavy atom. The summed E-state index contributed by atoms with van der Waals surface area (Å²) in [6, 6.07) is 4.32. The van der Waals surface area contributed by atoms with Gasteiger partial charge in [-0.1, -0.05) is 0 Å². The van der Waals surface area contributed by atoms with Crippen molar-refractivity contribution in [3.8, 4) is 0 Å². The summed E-state index contributed by atoms with van der Waals surface area (Å²) in [6.07, 6.45) is 2.20. The molecule has 6 nitrogen and oxygen atoms in total. The van der Waals surface area contributed by atoms with Gasteiger partial charge in [-0.2, -0.15) is 0 Å². The van der Waals surface area contributed by atoms with Crippen LogP contribution in [0.3, 0.4) is 0 Å². The van der Waals surface area contributed by atoms with Crippen LogP contribution in [0.5, 0.6) is 0 Å². The van der Waals surface area contributed by atoms with Crippen LogP contribution in [0.1, 0.15) is 31.2 Å². The third kappa shape index (κ3) is 3.81. The molecule has 0 aliphatic carbocycles. The number of nitrogens with zero attached hydrogens (tertiary/aromatic N) is 2. The molecule has 2 amide bonds. The number of carboxylic acids is 1. The summed E-state index contributed by atoms with van der Waals surface area (Å²) >= 11 is 0. The molecule has 3 rings (SSSR count). The quantitative estimate of drug-likeness (QED) is 0.900. The minimum absolute atomic E-state index is 0.0750. The Bertz CT molecular complexity index is 706. The second-order valence-electron chi connectivity index (χ2n) is 6.59. The van der Waals surface area contributed by atoms with Crippen molar-refractivity contribution in [3.05, 3.63) is 29.6 Å². The Morgan fingerprint density at radius 2 is 2.08 bits per heavy atom. The Labute approximate surface area is 145 Å². The highest BCUT2D eigenvalue weighted by Crippen LogP contribution is 2.28.